The molecule has 3 amide bonds. The number of hydrogen-bond donors (Lipinski definition) is 3. The monoisotopic (exact) mass is 315 g/mol. The second-order valence-electron chi connectivity index (χ2n) is 4.64. The lowest BCUT2D eigenvalue weighted by atomic mass is 10.2. The SMILES string of the molecule is O=C(CCC(F)(F)F)NC1C(=O)Nc2ccccc2NC1=O. The van der Waals surface area contributed by atoms with Crippen molar-refractivity contribution in [1.82, 2.24) is 5.32 Å². The first-order chi connectivity index (χ1) is 10.3. The number of benzene rings is 1. The molecule has 0 fully saturated rings. The van der Waals surface area contributed by atoms with Gasteiger partial charge in [0.25, 0.3) is 11.8 Å². The zero-order chi connectivity index (χ0) is 16.3. The van der Waals surface area contributed by atoms with Crippen LogP contribution in [-0.2, 0) is 14.4 Å². The molecule has 0 atom stereocenters. The van der Waals surface area contributed by atoms with Crippen molar-refractivity contribution in [2.75, 3.05) is 10.6 Å². The summed E-state index contributed by atoms with van der Waals surface area (Å²) in [5, 5.41) is 6.85. The highest BCUT2D eigenvalue weighted by molar-refractivity contribution is 6.19. The number of para-hydroxylation sites is 2. The normalized spacial score (nSPS) is 15.4. The molecule has 2 rings (SSSR count). The maximum atomic E-state index is 12.1. The van der Waals surface area contributed by atoms with Gasteiger partial charge < -0.3 is 16.0 Å². The highest BCUT2D eigenvalue weighted by atomic mass is 19.4. The van der Waals surface area contributed by atoms with Gasteiger partial charge in [-0.1, -0.05) is 12.1 Å². The Kier molecular flexibility index (Phi) is 4.34. The molecule has 22 heavy (non-hydrogen) atoms. The van der Waals surface area contributed by atoms with Crippen LogP contribution in [0.3, 0.4) is 0 Å². The van der Waals surface area contributed by atoms with Gasteiger partial charge in [0, 0.05) is 6.42 Å². The summed E-state index contributed by atoms with van der Waals surface area (Å²) < 4.78 is 36.2. The van der Waals surface area contributed by atoms with Crippen LogP contribution in [0.1, 0.15) is 12.8 Å². The fraction of sp³-hybridized carbons (Fsp3) is 0.308. The number of halogens is 3. The molecule has 118 valence electrons. The van der Waals surface area contributed by atoms with E-state index >= 15 is 0 Å². The van der Waals surface area contributed by atoms with Crippen molar-refractivity contribution < 1.29 is 27.6 Å². The Labute approximate surface area is 123 Å². The molecule has 1 aliphatic rings. The molecular weight excluding hydrogens is 303 g/mol. The minimum atomic E-state index is -4.48. The second-order valence-corrected chi connectivity index (χ2v) is 4.64. The molecule has 0 unspecified atom stereocenters. The van der Waals surface area contributed by atoms with Gasteiger partial charge in [-0.15, -0.1) is 0 Å². The molecule has 1 aromatic rings. The maximum Gasteiger partial charge on any atom is 0.389 e. The van der Waals surface area contributed by atoms with E-state index in [2.05, 4.69) is 10.6 Å². The number of carbonyl (C=O) groups is 3. The minimum absolute atomic E-state index is 0.341. The predicted molar refractivity (Wildman–Crippen MR) is 70.9 cm³/mol. The van der Waals surface area contributed by atoms with Gasteiger partial charge >= 0.3 is 6.18 Å². The van der Waals surface area contributed by atoms with Crippen LogP contribution < -0.4 is 16.0 Å². The van der Waals surface area contributed by atoms with Crippen LogP contribution in [0.2, 0.25) is 0 Å². The zero-order valence-electron chi connectivity index (χ0n) is 11.2. The average Bonchev–Trinajstić information content (AvgIpc) is 2.54. The summed E-state index contributed by atoms with van der Waals surface area (Å²) in [4.78, 5) is 35.3. The van der Waals surface area contributed by atoms with Crippen molar-refractivity contribution in [3.63, 3.8) is 0 Å². The van der Waals surface area contributed by atoms with E-state index in [0.717, 1.165) is 0 Å². The number of fused-ring (bicyclic) bond motifs is 1. The smallest absolute Gasteiger partial charge is 0.337 e. The largest absolute Gasteiger partial charge is 0.389 e. The molecule has 0 radical (unpaired) electrons. The van der Waals surface area contributed by atoms with E-state index in [4.69, 9.17) is 0 Å². The summed E-state index contributed by atoms with van der Waals surface area (Å²) >= 11 is 0. The molecule has 0 saturated carbocycles. The first-order valence-electron chi connectivity index (χ1n) is 6.33. The second kappa shape index (κ2) is 6.04. The molecule has 3 N–H and O–H groups in total. The molecule has 6 nitrogen and oxygen atoms in total. The van der Waals surface area contributed by atoms with Crippen molar-refractivity contribution in [2.24, 2.45) is 0 Å². The topological polar surface area (TPSA) is 87.3 Å². The number of nitrogens with one attached hydrogen (secondary N) is 3. The number of rotatable bonds is 3. The molecule has 9 heteroatoms. The Morgan fingerprint density at radius 2 is 1.59 bits per heavy atom. The van der Waals surface area contributed by atoms with Crippen molar-refractivity contribution in [3.8, 4) is 0 Å². The molecule has 0 saturated heterocycles. The van der Waals surface area contributed by atoms with Crippen LogP contribution in [0, 0.1) is 0 Å². The molecule has 0 bridgehead atoms. The summed E-state index contributed by atoms with van der Waals surface area (Å²) in [5.41, 5.74) is 0.681. The van der Waals surface area contributed by atoms with Gasteiger partial charge in [-0.25, -0.2) is 0 Å². The van der Waals surface area contributed by atoms with Crippen LogP contribution in [0.15, 0.2) is 24.3 Å². The molecule has 0 spiro atoms. The highest BCUT2D eigenvalue weighted by Crippen LogP contribution is 2.24. The molecule has 1 heterocycles. The van der Waals surface area contributed by atoms with Crippen molar-refractivity contribution in [1.29, 1.82) is 0 Å². The lowest BCUT2D eigenvalue weighted by Crippen LogP contribution is -2.50. The van der Waals surface area contributed by atoms with Gasteiger partial charge in [-0.3, -0.25) is 14.4 Å². The lowest BCUT2D eigenvalue weighted by molar-refractivity contribution is -0.145. The lowest BCUT2D eigenvalue weighted by Gasteiger charge is -2.14. The van der Waals surface area contributed by atoms with E-state index < -0.39 is 42.8 Å². The number of hydrogen-bond acceptors (Lipinski definition) is 3. The Morgan fingerprint density at radius 1 is 1.09 bits per heavy atom. The zero-order valence-corrected chi connectivity index (χ0v) is 11.2. The van der Waals surface area contributed by atoms with Crippen LogP contribution >= 0.6 is 0 Å². The van der Waals surface area contributed by atoms with Crippen molar-refractivity contribution >= 4 is 29.1 Å². The van der Waals surface area contributed by atoms with Crippen LogP contribution in [0.4, 0.5) is 24.5 Å². The summed E-state index contributed by atoms with van der Waals surface area (Å²) in [6, 6.07) is 4.76. The van der Waals surface area contributed by atoms with Gasteiger partial charge in [-0.05, 0) is 12.1 Å². The number of anilines is 2. The Morgan fingerprint density at radius 3 is 2.05 bits per heavy atom. The standard InChI is InChI=1S/C13H12F3N3O3/c14-13(15,16)6-5-9(20)19-10-11(21)17-7-3-1-2-4-8(7)18-12(10)22/h1-4,10H,5-6H2,(H,17,21)(H,18,22)(H,19,20). The first kappa shape index (κ1) is 15.8. The van der Waals surface area contributed by atoms with Crippen molar-refractivity contribution in [3.05, 3.63) is 24.3 Å². The fourth-order valence-electron chi connectivity index (χ4n) is 1.85. The van der Waals surface area contributed by atoms with Crippen LogP contribution in [0.25, 0.3) is 0 Å². The third kappa shape index (κ3) is 3.96. The van der Waals surface area contributed by atoms with Crippen molar-refractivity contribution in [2.45, 2.75) is 25.1 Å². The van der Waals surface area contributed by atoms with Crippen LogP contribution in [0.5, 0.6) is 0 Å². The van der Waals surface area contributed by atoms with E-state index in [-0.39, 0.29) is 0 Å². The minimum Gasteiger partial charge on any atom is -0.337 e. The van der Waals surface area contributed by atoms with Gasteiger partial charge in [0.1, 0.15) is 0 Å². The quantitative estimate of drug-likeness (QED) is 0.737. The number of carbonyl (C=O) groups excluding carboxylic acids is 3. The third-order valence-corrected chi connectivity index (χ3v) is 2.91. The molecular formula is C13H12F3N3O3. The van der Waals surface area contributed by atoms with Crippen LogP contribution in [-0.4, -0.2) is 29.9 Å². The van der Waals surface area contributed by atoms with E-state index in [1.165, 1.54) is 0 Å². The van der Waals surface area contributed by atoms with Gasteiger partial charge in [0.05, 0.1) is 17.8 Å². The molecule has 1 aliphatic heterocycles. The summed E-state index contributed by atoms with van der Waals surface area (Å²) in [6.45, 7) is 0. The number of amides is 3. The van der Waals surface area contributed by atoms with E-state index in [1.807, 2.05) is 5.32 Å². The maximum absolute atomic E-state index is 12.1. The first-order valence-corrected chi connectivity index (χ1v) is 6.33. The van der Waals surface area contributed by atoms with E-state index in [9.17, 15) is 27.6 Å². The fourth-order valence-corrected chi connectivity index (χ4v) is 1.85. The Hall–Kier alpha value is -2.58. The highest BCUT2D eigenvalue weighted by Gasteiger charge is 2.33. The van der Waals surface area contributed by atoms with Gasteiger partial charge in [0.15, 0.2) is 6.04 Å². The van der Waals surface area contributed by atoms with E-state index in [1.54, 1.807) is 24.3 Å². The van der Waals surface area contributed by atoms with E-state index in [0.29, 0.717) is 11.4 Å². The molecule has 0 aliphatic carbocycles. The number of alkyl halides is 3. The molecule has 1 aromatic carbocycles. The third-order valence-electron chi connectivity index (χ3n) is 2.91. The Bertz CT molecular complexity index is 579. The predicted octanol–water partition coefficient (Wildman–Crippen LogP) is 1.40. The summed E-state index contributed by atoms with van der Waals surface area (Å²) in [6.07, 6.45) is -6.66. The Balaban J connectivity index is 2.05. The van der Waals surface area contributed by atoms with Gasteiger partial charge in [0.2, 0.25) is 5.91 Å². The average molecular weight is 315 g/mol. The summed E-state index contributed by atoms with van der Waals surface area (Å²) in [7, 11) is 0. The molecule has 0 aromatic heterocycles. The van der Waals surface area contributed by atoms with Gasteiger partial charge in [-0.2, -0.15) is 13.2 Å². The summed E-state index contributed by atoms with van der Waals surface area (Å²) in [5.74, 6) is -2.66.